The van der Waals surface area contributed by atoms with Crippen molar-refractivity contribution < 1.29 is 22.7 Å². The summed E-state index contributed by atoms with van der Waals surface area (Å²) >= 11 is 0. The van der Waals surface area contributed by atoms with Crippen LogP contribution in [0.5, 0.6) is 11.5 Å². The van der Waals surface area contributed by atoms with Gasteiger partial charge in [-0.05, 0) is 65.7 Å². The fourth-order valence-corrected chi connectivity index (χ4v) is 5.24. The lowest BCUT2D eigenvalue weighted by molar-refractivity contribution is 0.0952. The van der Waals surface area contributed by atoms with Crippen molar-refractivity contribution in [3.63, 3.8) is 0 Å². The maximum atomic E-state index is 13.4. The van der Waals surface area contributed by atoms with E-state index in [-0.39, 0.29) is 16.6 Å². The predicted molar refractivity (Wildman–Crippen MR) is 154 cm³/mol. The second kappa shape index (κ2) is 12.2. The monoisotopic (exact) mass is 546 g/mol. The van der Waals surface area contributed by atoms with Crippen LogP contribution in [-0.2, 0) is 10.0 Å². The van der Waals surface area contributed by atoms with Gasteiger partial charge in [0.1, 0.15) is 16.4 Å². The zero-order valence-corrected chi connectivity index (χ0v) is 22.4. The van der Waals surface area contributed by atoms with Crippen LogP contribution in [0.4, 0.5) is 17.1 Å². The van der Waals surface area contributed by atoms with Crippen molar-refractivity contribution in [2.24, 2.45) is 0 Å². The lowest BCUT2D eigenvalue weighted by Crippen LogP contribution is -2.29. The Balaban J connectivity index is 1.43. The molecular formula is C29H30N4O5S. The molecule has 4 aromatic carbocycles. The van der Waals surface area contributed by atoms with Crippen LogP contribution in [0.25, 0.3) is 11.1 Å². The highest BCUT2D eigenvalue weighted by molar-refractivity contribution is 7.92. The Morgan fingerprint density at radius 1 is 0.769 bits per heavy atom. The lowest BCUT2D eigenvalue weighted by Gasteiger charge is -2.15. The molecule has 202 valence electrons. The first-order valence-corrected chi connectivity index (χ1v) is 13.6. The van der Waals surface area contributed by atoms with E-state index in [1.807, 2.05) is 12.1 Å². The molecule has 0 heterocycles. The van der Waals surface area contributed by atoms with Crippen LogP contribution in [0, 0.1) is 0 Å². The predicted octanol–water partition coefficient (Wildman–Crippen LogP) is 4.60. The Labute approximate surface area is 228 Å². The van der Waals surface area contributed by atoms with E-state index in [9.17, 15) is 13.2 Å². The number of sulfonamides is 1. The van der Waals surface area contributed by atoms with Gasteiger partial charge in [-0.3, -0.25) is 9.52 Å². The van der Waals surface area contributed by atoms with Gasteiger partial charge in [0, 0.05) is 24.5 Å². The molecule has 4 aromatic rings. The smallest absolute Gasteiger partial charge is 0.265 e. The summed E-state index contributed by atoms with van der Waals surface area (Å²) in [5, 5.41) is 6.03. The van der Waals surface area contributed by atoms with Crippen LogP contribution in [-0.4, -0.2) is 41.6 Å². The first-order valence-electron chi connectivity index (χ1n) is 12.1. The van der Waals surface area contributed by atoms with Crippen LogP contribution < -0.4 is 30.6 Å². The van der Waals surface area contributed by atoms with E-state index < -0.39 is 10.0 Å². The van der Waals surface area contributed by atoms with E-state index >= 15 is 0 Å². The van der Waals surface area contributed by atoms with E-state index in [4.69, 9.17) is 15.2 Å². The van der Waals surface area contributed by atoms with Crippen LogP contribution in [0.1, 0.15) is 10.4 Å². The van der Waals surface area contributed by atoms with Crippen LogP contribution in [0.3, 0.4) is 0 Å². The van der Waals surface area contributed by atoms with Crippen molar-refractivity contribution in [1.82, 2.24) is 5.32 Å². The maximum Gasteiger partial charge on any atom is 0.265 e. The van der Waals surface area contributed by atoms with Gasteiger partial charge in [0.05, 0.1) is 25.5 Å². The number of amides is 1. The molecule has 0 bridgehead atoms. The number of rotatable bonds is 11. The Hall–Kier alpha value is -4.70. The number of carbonyl (C=O) groups excluding carboxylic acids is 1. The number of nitrogen functional groups attached to an aromatic ring is 1. The molecule has 0 saturated heterocycles. The molecule has 39 heavy (non-hydrogen) atoms. The molecule has 0 aromatic heterocycles. The van der Waals surface area contributed by atoms with Gasteiger partial charge in [-0.2, -0.15) is 0 Å². The van der Waals surface area contributed by atoms with Gasteiger partial charge < -0.3 is 25.8 Å². The minimum Gasteiger partial charge on any atom is -0.496 e. The largest absolute Gasteiger partial charge is 0.496 e. The van der Waals surface area contributed by atoms with Crippen molar-refractivity contribution in [1.29, 1.82) is 0 Å². The highest BCUT2D eigenvalue weighted by Gasteiger charge is 2.21. The van der Waals surface area contributed by atoms with Crippen molar-refractivity contribution in [2.75, 3.05) is 43.1 Å². The number of methoxy groups -OCH3 is 2. The number of hydrogen-bond donors (Lipinski definition) is 4. The summed E-state index contributed by atoms with van der Waals surface area (Å²) in [6.45, 7) is 0.772. The fraction of sp³-hybridized carbons (Fsp3) is 0.138. The molecule has 5 N–H and O–H groups in total. The number of hydrogen-bond acceptors (Lipinski definition) is 7. The van der Waals surface area contributed by atoms with Gasteiger partial charge in [-0.15, -0.1) is 0 Å². The topological polar surface area (TPSA) is 132 Å². The molecule has 10 heteroatoms. The Kier molecular flexibility index (Phi) is 8.57. The number of nitrogens with two attached hydrogens (primary N) is 1. The van der Waals surface area contributed by atoms with Gasteiger partial charge in [-0.1, -0.05) is 36.4 Å². The quantitative estimate of drug-likeness (QED) is 0.160. The average Bonchev–Trinajstić information content (AvgIpc) is 2.94. The number of nitrogens with one attached hydrogen (secondary N) is 3. The number of para-hydroxylation sites is 1. The molecule has 0 aliphatic heterocycles. The van der Waals surface area contributed by atoms with Crippen molar-refractivity contribution in [3.8, 4) is 22.6 Å². The van der Waals surface area contributed by atoms with E-state index in [0.29, 0.717) is 47.0 Å². The summed E-state index contributed by atoms with van der Waals surface area (Å²) in [6.07, 6.45) is 0. The highest BCUT2D eigenvalue weighted by Crippen LogP contribution is 2.32. The Morgan fingerprint density at radius 2 is 1.49 bits per heavy atom. The van der Waals surface area contributed by atoms with Crippen molar-refractivity contribution in [2.45, 2.75) is 4.90 Å². The maximum absolute atomic E-state index is 13.4. The van der Waals surface area contributed by atoms with Crippen molar-refractivity contribution >= 4 is 33.0 Å². The summed E-state index contributed by atoms with van der Waals surface area (Å²) in [7, 11) is -1.05. The van der Waals surface area contributed by atoms with E-state index in [1.54, 1.807) is 78.9 Å². The summed E-state index contributed by atoms with van der Waals surface area (Å²) in [6, 6.07) is 26.0. The molecule has 0 aliphatic rings. The van der Waals surface area contributed by atoms with Crippen molar-refractivity contribution in [3.05, 3.63) is 96.6 Å². The molecule has 0 radical (unpaired) electrons. The third-order valence-electron chi connectivity index (χ3n) is 5.88. The molecule has 0 spiro atoms. The van der Waals surface area contributed by atoms with Gasteiger partial charge in [0.15, 0.2) is 0 Å². The minimum atomic E-state index is -3.99. The zero-order chi connectivity index (χ0) is 27.8. The molecule has 4 rings (SSSR count). The number of carbonyl (C=O) groups is 1. The van der Waals surface area contributed by atoms with Gasteiger partial charge in [0.25, 0.3) is 15.9 Å². The number of anilines is 3. The summed E-state index contributed by atoms with van der Waals surface area (Å²) < 4.78 is 39.9. The average molecular weight is 547 g/mol. The molecule has 0 unspecified atom stereocenters. The molecule has 1 amide bonds. The molecule has 0 saturated carbocycles. The van der Waals surface area contributed by atoms with E-state index in [0.717, 1.165) is 5.56 Å². The molecule has 0 fully saturated rings. The molecule has 0 aliphatic carbocycles. The molecular weight excluding hydrogens is 516 g/mol. The number of ether oxygens (including phenoxy) is 2. The third kappa shape index (κ3) is 6.79. The third-order valence-corrected chi connectivity index (χ3v) is 7.28. The van der Waals surface area contributed by atoms with Crippen LogP contribution >= 0.6 is 0 Å². The highest BCUT2D eigenvalue weighted by atomic mass is 32.2. The zero-order valence-electron chi connectivity index (χ0n) is 21.6. The lowest BCUT2D eigenvalue weighted by atomic mass is 10.1. The van der Waals surface area contributed by atoms with Gasteiger partial charge >= 0.3 is 0 Å². The molecule has 9 nitrogen and oxygen atoms in total. The standard InChI is InChI=1S/C29H30N4O5S/c1-37-26-12-4-3-11-25(26)29(34)32-16-15-31-23-9-6-10-24(19-23)33-39(35,36)28-18-21(13-14-27(28)38-2)20-7-5-8-22(30)17-20/h3-14,17-19,31,33H,15-16,30H2,1-2H3,(H,32,34). The Morgan fingerprint density at radius 3 is 2.26 bits per heavy atom. The van der Waals surface area contributed by atoms with Gasteiger partial charge in [0.2, 0.25) is 0 Å². The fourth-order valence-electron chi connectivity index (χ4n) is 4.00. The Bertz CT molecular complexity index is 1570. The molecule has 0 atom stereocenters. The van der Waals surface area contributed by atoms with Gasteiger partial charge in [-0.25, -0.2) is 8.42 Å². The van der Waals surface area contributed by atoms with Crippen LogP contribution in [0.15, 0.2) is 95.9 Å². The van der Waals surface area contributed by atoms with E-state index in [2.05, 4.69) is 15.4 Å². The summed E-state index contributed by atoms with van der Waals surface area (Å²) in [5.74, 6) is 0.471. The first kappa shape index (κ1) is 27.3. The van der Waals surface area contributed by atoms with Crippen LogP contribution in [0.2, 0.25) is 0 Å². The summed E-state index contributed by atoms with van der Waals surface area (Å²) in [4.78, 5) is 12.5. The SMILES string of the molecule is COc1ccccc1C(=O)NCCNc1cccc(NS(=O)(=O)c2cc(-c3cccc(N)c3)ccc2OC)c1. The second-order valence-electron chi connectivity index (χ2n) is 8.56. The van der Waals surface area contributed by atoms with E-state index in [1.165, 1.54) is 14.2 Å². The number of benzene rings is 4. The summed E-state index contributed by atoms with van der Waals surface area (Å²) in [5.41, 5.74) is 9.46. The normalized spacial score (nSPS) is 10.9. The minimum absolute atomic E-state index is 0.00217. The first-order chi connectivity index (χ1) is 18.8. The second-order valence-corrected chi connectivity index (χ2v) is 10.2.